The normalized spacial score (nSPS) is 11.7. The van der Waals surface area contributed by atoms with Gasteiger partial charge in [0.15, 0.2) is 6.61 Å². The molecule has 29 heavy (non-hydrogen) atoms. The summed E-state index contributed by atoms with van der Waals surface area (Å²) in [6, 6.07) is 7.73. The molecule has 0 aliphatic heterocycles. The van der Waals surface area contributed by atoms with Gasteiger partial charge >= 0.3 is 5.97 Å². The van der Waals surface area contributed by atoms with Crippen molar-refractivity contribution < 1.29 is 27.9 Å². The van der Waals surface area contributed by atoms with Crippen molar-refractivity contribution in [2.24, 2.45) is 0 Å². The monoisotopic (exact) mass is 486 g/mol. The predicted octanol–water partition coefficient (Wildman–Crippen LogP) is 0.287. The molecule has 1 aromatic rings. The summed E-state index contributed by atoms with van der Waals surface area (Å²) in [5, 5.41) is 26.6. The van der Waals surface area contributed by atoms with Crippen LogP contribution >= 0.6 is 15.9 Å². The standard InChI is InChI=1S/C17H19BrN4O6S/c18-13-3-5-14(6-4-13)29(26,27)21-15(11-23)17(25)28-12-16(24)22(9-1-7-19)10-2-8-20/h3-6,15,21,23H,1-2,9-12H2. The van der Waals surface area contributed by atoms with E-state index in [9.17, 15) is 23.1 Å². The molecule has 0 saturated heterocycles. The largest absolute Gasteiger partial charge is 0.454 e. The smallest absolute Gasteiger partial charge is 0.327 e. The Bertz CT molecular complexity index is 874. The molecule has 156 valence electrons. The maximum atomic E-state index is 12.3. The summed E-state index contributed by atoms with van der Waals surface area (Å²) in [6.45, 7) is -1.47. The molecule has 0 aliphatic carbocycles. The van der Waals surface area contributed by atoms with Crippen molar-refractivity contribution in [1.29, 1.82) is 10.5 Å². The van der Waals surface area contributed by atoms with E-state index in [1.54, 1.807) is 0 Å². The Balaban J connectivity index is 2.72. The van der Waals surface area contributed by atoms with E-state index in [2.05, 4.69) is 15.9 Å². The van der Waals surface area contributed by atoms with Gasteiger partial charge in [-0.1, -0.05) is 15.9 Å². The van der Waals surface area contributed by atoms with Gasteiger partial charge in [0.05, 0.1) is 36.5 Å². The molecule has 10 nitrogen and oxygen atoms in total. The molecular weight excluding hydrogens is 468 g/mol. The number of rotatable bonds is 11. The van der Waals surface area contributed by atoms with E-state index < -0.39 is 41.2 Å². The van der Waals surface area contributed by atoms with Crippen molar-refractivity contribution in [2.75, 3.05) is 26.3 Å². The Morgan fingerprint density at radius 2 is 1.72 bits per heavy atom. The number of hydrogen-bond donors (Lipinski definition) is 2. The number of nitrogens with zero attached hydrogens (tertiary/aromatic N) is 3. The zero-order valence-corrected chi connectivity index (χ0v) is 17.6. The quantitative estimate of drug-likeness (QED) is 0.421. The molecule has 1 unspecified atom stereocenters. The number of nitrogens with one attached hydrogen (secondary N) is 1. The maximum absolute atomic E-state index is 12.3. The summed E-state index contributed by atoms with van der Waals surface area (Å²) < 4.78 is 32.1. The molecule has 0 aliphatic rings. The number of ether oxygens (including phenoxy) is 1. The fourth-order valence-electron chi connectivity index (χ4n) is 2.08. The van der Waals surface area contributed by atoms with Gasteiger partial charge in [-0.2, -0.15) is 15.2 Å². The first-order chi connectivity index (χ1) is 13.7. The van der Waals surface area contributed by atoms with Gasteiger partial charge in [0.25, 0.3) is 5.91 Å². The number of hydrogen-bond acceptors (Lipinski definition) is 8. The molecule has 0 fully saturated rings. The highest BCUT2D eigenvalue weighted by Gasteiger charge is 2.27. The molecule has 0 saturated carbocycles. The summed E-state index contributed by atoms with van der Waals surface area (Å²) >= 11 is 3.18. The molecule has 0 spiro atoms. The predicted molar refractivity (Wildman–Crippen MR) is 103 cm³/mol. The van der Waals surface area contributed by atoms with E-state index >= 15 is 0 Å². The highest BCUT2D eigenvalue weighted by atomic mass is 79.9. The summed E-state index contributed by atoms with van der Waals surface area (Å²) in [5.74, 6) is -1.78. The van der Waals surface area contributed by atoms with Gasteiger partial charge in [0, 0.05) is 17.6 Å². The SMILES string of the molecule is N#CCCN(CCC#N)C(=O)COC(=O)C(CO)NS(=O)(=O)c1ccc(Br)cc1. The topological polar surface area (TPSA) is 161 Å². The van der Waals surface area contributed by atoms with Gasteiger partial charge in [-0.05, 0) is 24.3 Å². The Kier molecular flexibility index (Phi) is 10.3. The second kappa shape index (κ2) is 12.1. The van der Waals surface area contributed by atoms with Gasteiger partial charge in [0.2, 0.25) is 10.0 Å². The maximum Gasteiger partial charge on any atom is 0.327 e. The number of benzene rings is 1. The molecule has 0 bridgehead atoms. The molecule has 1 amide bonds. The minimum atomic E-state index is -4.11. The number of esters is 1. The van der Waals surface area contributed by atoms with Crippen LogP contribution in [-0.2, 0) is 24.3 Å². The van der Waals surface area contributed by atoms with E-state index in [0.29, 0.717) is 4.47 Å². The number of halogens is 1. The van der Waals surface area contributed by atoms with E-state index in [4.69, 9.17) is 15.3 Å². The van der Waals surface area contributed by atoms with Crippen molar-refractivity contribution in [3.63, 3.8) is 0 Å². The fourth-order valence-corrected chi connectivity index (χ4v) is 3.52. The number of aliphatic hydroxyl groups is 1. The third-order valence-corrected chi connectivity index (χ3v) is 5.58. The number of sulfonamides is 1. The lowest BCUT2D eigenvalue weighted by atomic mass is 10.3. The number of amides is 1. The van der Waals surface area contributed by atoms with Crippen LogP contribution in [0.25, 0.3) is 0 Å². The molecule has 1 atom stereocenters. The van der Waals surface area contributed by atoms with E-state index in [-0.39, 0.29) is 30.8 Å². The Morgan fingerprint density at radius 1 is 1.17 bits per heavy atom. The third kappa shape index (κ3) is 8.17. The highest BCUT2D eigenvalue weighted by molar-refractivity contribution is 9.10. The van der Waals surface area contributed by atoms with Crippen LogP contribution in [0.15, 0.2) is 33.6 Å². The zero-order chi connectivity index (χ0) is 21.9. The Morgan fingerprint density at radius 3 is 2.21 bits per heavy atom. The summed E-state index contributed by atoms with van der Waals surface area (Å²) in [4.78, 5) is 25.3. The number of carbonyl (C=O) groups excluding carboxylic acids is 2. The van der Waals surface area contributed by atoms with Crippen molar-refractivity contribution >= 4 is 37.8 Å². The summed E-state index contributed by atoms with van der Waals surface area (Å²) in [6.07, 6.45) is 0.0781. The second-order valence-corrected chi connectivity index (χ2v) is 8.24. The van der Waals surface area contributed by atoms with Gasteiger partial charge in [-0.3, -0.25) is 9.59 Å². The molecule has 0 aromatic heterocycles. The van der Waals surface area contributed by atoms with Gasteiger partial charge in [0.1, 0.15) is 6.04 Å². The molecule has 1 aromatic carbocycles. The van der Waals surface area contributed by atoms with Crippen molar-refractivity contribution in [2.45, 2.75) is 23.8 Å². The van der Waals surface area contributed by atoms with Crippen LogP contribution in [0.2, 0.25) is 0 Å². The van der Waals surface area contributed by atoms with Crippen molar-refractivity contribution in [3.8, 4) is 12.1 Å². The van der Waals surface area contributed by atoms with Crippen LogP contribution in [0.1, 0.15) is 12.8 Å². The first-order valence-corrected chi connectivity index (χ1v) is 10.6. The number of nitriles is 2. The zero-order valence-electron chi connectivity index (χ0n) is 15.2. The number of aliphatic hydroxyl groups excluding tert-OH is 1. The van der Waals surface area contributed by atoms with E-state index in [0.717, 1.165) is 0 Å². The lowest BCUT2D eigenvalue weighted by molar-refractivity contribution is -0.154. The third-order valence-electron chi connectivity index (χ3n) is 3.57. The van der Waals surface area contributed by atoms with E-state index in [1.807, 2.05) is 16.9 Å². The average molecular weight is 487 g/mol. The molecule has 2 N–H and O–H groups in total. The first-order valence-electron chi connectivity index (χ1n) is 8.32. The molecule has 0 radical (unpaired) electrons. The summed E-state index contributed by atoms with van der Waals surface area (Å²) in [7, 11) is -4.11. The van der Waals surface area contributed by atoms with E-state index in [1.165, 1.54) is 29.2 Å². The van der Waals surface area contributed by atoms with Crippen LogP contribution in [0.4, 0.5) is 0 Å². The highest BCUT2D eigenvalue weighted by Crippen LogP contribution is 2.15. The number of carbonyl (C=O) groups is 2. The molecule has 0 heterocycles. The minimum absolute atomic E-state index is 0.0391. The summed E-state index contributed by atoms with van der Waals surface area (Å²) in [5.41, 5.74) is 0. The van der Waals surface area contributed by atoms with Gasteiger partial charge in [-0.25, -0.2) is 8.42 Å². The molecular formula is C17H19BrN4O6S. The van der Waals surface area contributed by atoms with Crippen molar-refractivity contribution in [3.05, 3.63) is 28.7 Å². The second-order valence-electron chi connectivity index (χ2n) is 5.62. The molecule has 12 heteroatoms. The minimum Gasteiger partial charge on any atom is -0.454 e. The van der Waals surface area contributed by atoms with Gasteiger partial charge < -0.3 is 14.7 Å². The van der Waals surface area contributed by atoms with Crippen LogP contribution < -0.4 is 4.72 Å². The Labute approximate surface area is 176 Å². The first kappa shape index (κ1) is 24.5. The van der Waals surface area contributed by atoms with Crippen LogP contribution in [0, 0.1) is 22.7 Å². The van der Waals surface area contributed by atoms with Crippen molar-refractivity contribution in [1.82, 2.24) is 9.62 Å². The fraction of sp³-hybridized carbons (Fsp3) is 0.412. The van der Waals surface area contributed by atoms with Crippen LogP contribution in [0.3, 0.4) is 0 Å². The average Bonchev–Trinajstić information content (AvgIpc) is 2.70. The molecule has 1 rings (SSSR count). The lowest BCUT2D eigenvalue weighted by Crippen LogP contribution is -2.45. The Hall–Kier alpha value is -2.51. The van der Waals surface area contributed by atoms with Crippen LogP contribution in [0.5, 0.6) is 0 Å². The van der Waals surface area contributed by atoms with Gasteiger partial charge in [-0.15, -0.1) is 0 Å². The lowest BCUT2D eigenvalue weighted by Gasteiger charge is -2.21. The van der Waals surface area contributed by atoms with Crippen LogP contribution in [-0.4, -0.2) is 62.6 Å².